The van der Waals surface area contributed by atoms with E-state index in [9.17, 15) is 14.7 Å². The molecule has 2 heterocycles. The van der Waals surface area contributed by atoms with Gasteiger partial charge >= 0.3 is 5.97 Å². The summed E-state index contributed by atoms with van der Waals surface area (Å²) in [5, 5.41) is 14.8. The fraction of sp³-hybridized carbons (Fsp3) is 0.227. The number of rotatable bonds is 3. The van der Waals surface area contributed by atoms with Gasteiger partial charge in [-0.15, -0.1) is 0 Å². The van der Waals surface area contributed by atoms with Crippen molar-refractivity contribution < 1.29 is 9.90 Å². The third kappa shape index (κ3) is 2.95. The predicted molar refractivity (Wildman–Crippen MR) is 108 cm³/mol. The monoisotopic (exact) mass is 386 g/mol. The lowest BCUT2D eigenvalue weighted by molar-refractivity contribution is -0.141. The van der Waals surface area contributed by atoms with Gasteiger partial charge in [0.25, 0.3) is 5.56 Å². The average molecular weight is 386 g/mol. The van der Waals surface area contributed by atoms with E-state index in [0.29, 0.717) is 36.3 Å². The summed E-state index contributed by atoms with van der Waals surface area (Å²) in [6.45, 7) is 0. The van der Waals surface area contributed by atoms with Crippen molar-refractivity contribution in [2.75, 3.05) is 0 Å². The number of hydrogen-bond acceptors (Lipinski definition) is 5. The van der Waals surface area contributed by atoms with Gasteiger partial charge in [0, 0.05) is 16.9 Å². The molecule has 5 rings (SSSR count). The van der Waals surface area contributed by atoms with Crippen molar-refractivity contribution in [1.29, 1.82) is 0 Å². The molecule has 0 aliphatic heterocycles. The van der Waals surface area contributed by atoms with Gasteiger partial charge in [-0.25, -0.2) is 4.98 Å². The molecule has 2 aromatic carbocycles. The molecule has 144 valence electrons. The van der Waals surface area contributed by atoms with Crippen LogP contribution in [0.15, 0.2) is 59.4 Å². The molecule has 0 amide bonds. The van der Waals surface area contributed by atoms with Gasteiger partial charge in [-0.2, -0.15) is 14.6 Å². The van der Waals surface area contributed by atoms with Crippen LogP contribution in [0, 0.1) is 5.92 Å². The molecule has 29 heavy (non-hydrogen) atoms. The molecule has 1 fully saturated rings. The molecule has 7 heteroatoms. The molecule has 1 N–H and O–H groups in total. The lowest BCUT2D eigenvalue weighted by Crippen LogP contribution is -2.20. The maximum absolute atomic E-state index is 12.8. The number of nitrogens with zero attached hydrogens (tertiary/aromatic N) is 4. The highest BCUT2D eigenvalue weighted by Gasteiger charge is 2.33. The third-order valence-corrected chi connectivity index (χ3v) is 5.60. The summed E-state index contributed by atoms with van der Waals surface area (Å²) in [7, 11) is 0. The number of carbonyl (C=O) groups is 1. The maximum atomic E-state index is 12.8. The molecule has 1 saturated carbocycles. The summed E-state index contributed by atoms with van der Waals surface area (Å²) in [6, 6.07) is 16.7. The summed E-state index contributed by atoms with van der Waals surface area (Å²) in [6.07, 6.45) is 1.82. The summed E-state index contributed by atoms with van der Waals surface area (Å²) in [4.78, 5) is 33.4. The zero-order valence-corrected chi connectivity index (χ0v) is 15.5. The summed E-state index contributed by atoms with van der Waals surface area (Å²) < 4.78 is 1.64. The van der Waals surface area contributed by atoms with Crippen LogP contribution in [0.4, 0.5) is 0 Å². The van der Waals surface area contributed by atoms with Gasteiger partial charge in [-0.1, -0.05) is 42.5 Å². The number of carboxylic acids is 1. The summed E-state index contributed by atoms with van der Waals surface area (Å²) in [5.74, 6) is -0.555. The molecule has 0 bridgehead atoms. The molecule has 2 aromatic heterocycles. The van der Waals surface area contributed by atoms with Crippen LogP contribution in [-0.2, 0) is 4.79 Å². The van der Waals surface area contributed by atoms with Crippen molar-refractivity contribution in [2.24, 2.45) is 5.92 Å². The zero-order chi connectivity index (χ0) is 20.0. The lowest BCUT2D eigenvalue weighted by atomic mass is 10.0. The average Bonchev–Trinajstić information content (AvgIpc) is 3.24. The van der Waals surface area contributed by atoms with E-state index in [1.165, 1.54) is 0 Å². The fourth-order valence-corrected chi connectivity index (χ4v) is 4.13. The minimum atomic E-state index is -0.777. The second kappa shape index (κ2) is 6.77. The van der Waals surface area contributed by atoms with Gasteiger partial charge in [-0.3, -0.25) is 9.59 Å². The minimum absolute atomic E-state index is 0.0522. The Balaban J connectivity index is 1.78. The molecule has 2 atom stereocenters. The molecular weight excluding hydrogens is 368 g/mol. The standard InChI is InChI=1S/C22H18N4O3/c27-21-18(13-6-2-1-3-7-13)25-26-19(14-10-11-15(12-14)22(28)29)23-17-9-5-4-8-16(17)20(26)24-21/h1-9,14-15H,10-12H2,(H,28,29). The quantitative estimate of drug-likeness (QED) is 0.543. The highest BCUT2D eigenvalue weighted by Crippen LogP contribution is 2.38. The number of aromatic nitrogens is 4. The number of benzene rings is 2. The van der Waals surface area contributed by atoms with Crippen molar-refractivity contribution in [3.63, 3.8) is 0 Å². The van der Waals surface area contributed by atoms with Gasteiger partial charge in [0.15, 0.2) is 11.3 Å². The number of aliphatic carboxylic acids is 1. The van der Waals surface area contributed by atoms with Crippen molar-refractivity contribution in [3.05, 3.63) is 70.8 Å². The lowest BCUT2D eigenvalue weighted by Gasteiger charge is -2.15. The molecule has 0 saturated heterocycles. The molecule has 2 unspecified atom stereocenters. The van der Waals surface area contributed by atoms with Gasteiger partial charge in [-0.05, 0) is 31.4 Å². The van der Waals surface area contributed by atoms with Crippen molar-refractivity contribution in [3.8, 4) is 11.3 Å². The largest absolute Gasteiger partial charge is 0.481 e. The Morgan fingerprint density at radius 3 is 2.52 bits per heavy atom. The van der Waals surface area contributed by atoms with Crippen LogP contribution < -0.4 is 5.56 Å². The van der Waals surface area contributed by atoms with Crippen molar-refractivity contribution >= 4 is 22.5 Å². The van der Waals surface area contributed by atoms with Crippen LogP contribution in [0.1, 0.15) is 31.0 Å². The molecule has 4 aromatic rings. The van der Waals surface area contributed by atoms with Crippen LogP contribution in [0.3, 0.4) is 0 Å². The first-order valence-corrected chi connectivity index (χ1v) is 9.60. The Morgan fingerprint density at radius 2 is 1.76 bits per heavy atom. The first-order chi connectivity index (χ1) is 14.1. The van der Waals surface area contributed by atoms with Crippen LogP contribution >= 0.6 is 0 Å². The Bertz CT molecular complexity index is 1300. The zero-order valence-electron chi connectivity index (χ0n) is 15.5. The molecular formula is C22H18N4O3. The van der Waals surface area contributed by atoms with Gasteiger partial charge < -0.3 is 5.11 Å². The normalized spacial score (nSPS) is 19.0. The Morgan fingerprint density at radius 1 is 1.00 bits per heavy atom. The Hall–Kier alpha value is -3.61. The van der Waals surface area contributed by atoms with Gasteiger partial charge in [0.2, 0.25) is 0 Å². The minimum Gasteiger partial charge on any atom is -0.481 e. The van der Waals surface area contributed by atoms with Gasteiger partial charge in [0.05, 0.1) is 11.4 Å². The van der Waals surface area contributed by atoms with E-state index in [-0.39, 0.29) is 17.5 Å². The van der Waals surface area contributed by atoms with Crippen molar-refractivity contribution in [2.45, 2.75) is 25.2 Å². The SMILES string of the molecule is O=C(O)C1CCC(c2nc3ccccc3c3nc(=O)c(-c4ccccc4)nn23)C1. The number of hydrogen-bond donors (Lipinski definition) is 1. The summed E-state index contributed by atoms with van der Waals surface area (Å²) >= 11 is 0. The van der Waals surface area contributed by atoms with Gasteiger partial charge in [0.1, 0.15) is 5.82 Å². The van der Waals surface area contributed by atoms with E-state index in [1.54, 1.807) is 4.52 Å². The number of para-hydroxylation sites is 1. The van der Waals surface area contributed by atoms with E-state index in [4.69, 9.17) is 4.98 Å². The van der Waals surface area contributed by atoms with Crippen LogP contribution in [0.5, 0.6) is 0 Å². The molecule has 0 spiro atoms. The smallest absolute Gasteiger partial charge is 0.306 e. The number of fused-ring (bicyclic) bond motifs is 3. The maximum Gasteiger partial charge on any atom is 0.306 e. The second-order valence-corrected chi connectivity index (χ2v) is 7.40. The highest BCUT2D eigenvalue weighted by atomic mass is 16.4. The van der Waals surface area contributed by atoms with Crippen molar-refractivity contribution in [1.82, 2.24) is 19.6 Å². The van der Waals surface area contributed by atoms with E-state index < -0.39 is 11.5 Å². The fourth-order valence-electron chi connectivity index (χ4n) is 4.13. The van der Waals surface area contributed by atoms with E-state index in [2.05, 4.69) is 10.1 Å². The Kier molecular flexibility index (Phi) is 4.08. The third-order valence-electron chi connectivity index (χ3n) is 5.60. The van der Waals surface area contributed by atoms with E-state index >= 15 is 0 Å². The van der Waals surface area contributed by atoms with Crippen LogP contribution in [0.2, 0.25) is 0 Å². The first kappa shape index (κ1) is 17.5. The second-order valence-electron chi connectivity index (χ2n) is 7.40. The molecule has 0 radical (unpaired) electrons. The van der Waals surface area contributed by atoms with Crippen LogP contribution in [0.25, 0.3) is 27.8 Å². The predicted octanol–water partition coefficient (Wildman–Crippen LogP) is 3.27. The van der Waals surface area contributed by atoms with Crippen LogP contribution in [-0.4, -0.2) is 30.7 Å². The topological polar surface area (TPSA) is 97.5 Å². The van der Waals surface area contributed by atoms with E-state index in [0.717, 1.165) is 10.9 Å². The Labute approximate surface area is 165 Å². The number of carboxylic acid groups (broad SMARTS) is 1. The summed E-state index contributed by atoms with van der Waals surface area (Å²) in [5.41, 5.74) is 1.73. The highest BCUT2D eigenvalue weighted by molar-refractivity contribution is 5.91. The molecule has 7 nitrogen and oxygen atoms in total. The molecule has 1 aliphatic carbocycles. The molecule has 1 aliphatic rings. The first-order valence-electron chi connectivity index (χ1n) is 9.60. The van der Waals surface area contributed by atoms with E-state index in [1.807, 2.05) is 54.6 Å².